The highest BCUT2D eigenvalue weighted by molar-refractivity contribution is 5.94. The van der Waals surface area contributed by atoms with Gasteiger partial charge in [0.05, 0.1) is 18.3 Å². The summed E-state index contributed by atoms with van der Waals surface area (Å²) < 4.78 is 12.5. The highest BCUT2D eigenvalue weighted by Gasteiger charge is 2.36. The van der Waals surface area contributed by atoms with Gasteiger partial charge in [-0.1, -0.05) is 0 Å². The van der Waals surface area contributed by atoms with Crippen LogP contribution in [0.15, 0.2) is 29.3 Å². The van der Waals surface area contributed by atoms with Crippen LogP contribution < -0.4 is 5.56 Å². The summed E-state index contributed by atoms with van der Waals surface area (Å²) >= 11 is 0. The zero-order valence-corrected chi connectivity index (χ0v) is 15.0. The molecule has 134 valence electrons. The molecule has 1 amide bonds. The van der Waals surface area contributed by atoms with Gasteiger partial charge in [-0.25, -0.2) is 4.98 Å². The fourth-order valence-electron chi connectivity index (χ4n) is 3.22. The number of hydrogen-bond donors (Lipinski definition) is 0. The van der Waals surface area contributed by atoms with E-state index in [1.54, 1.807) is 18.2 Å². The SMILES string of the molecule is COCC1CN(C(=O)c2cnc3cc(C)ccn3c2=O)CC(C)(C)O1. The van der Waals surface area contributed by atoms with Gasteiger partial charge in [-0.05, 0) is 38.5 Å². The summed E-state index contributed by atoms with van der Waals surface area (Å²) in [5.41, 5.74) is 0.733. The summed E-state index contributed by atoms with van der Waals surface area (Å²) in [4.78, 5) is 31.6. The third-order valence-corrected chi connectivity index (χ3v) is 4.22. The van der Waals surface area contributed by atoms with E-state index in [0.717, 1.165) is 5.56 Å². The zero-order valence-electron chi connectivity index (χ0n) is 15.0. The highest BCUT2D eigenvalue weighted by atomic mass is 16.5. The maximum atomic E-state index is 12.9. The first-order valence-electron chi connectivity index (χ1n) is 8.25. The van der Waals surface area contributed by atoms with Crippen molar-refractivity contribution in [2.24, 2.45) is 0 Å². The van der Waals surface area contributed by atoms with Gasteiger partial charge in [0.25, 0.3) is 11.5 Å². The summed E-state index contributed by atoms with van der Waals surface area (Å²) in [6.45, 7) is 6.94. The molecule has 1 atom stereocenters. The van der Waals surface area contributed by atoms with E-state index in [9.17, 15) is 9.59 Å². The second-order valence-corrected chi connectivity index (χ2v) is 7.05. The highest BCUT2D eigenvalue weighted by Crippen LogP contribution is 2.22. The Morgan fingerprint density at radius 2 is 2.24 bits per heavy atom. The van der Waals surface area contributed by atoms with Crippen LogP contribution in [0.3, 0.4) is 0 Å². The second-order valence-electron chi connectivity index (χ2n) is 7.05. The van der Waals surface area contributed by atoms with Crippen LogP contribution in [-0.2, 0) is 9.47 Å². The number of amides is 1. The van der Waals surface area contributed by atoms with E-state index in [2.05, 4.69) is 4.98 Å². The molecule has 7 heteroatoms. The standard InChI is InChI=1S/C18H23N3O4/c1-12-5-6-21-15(7-12)19-8-14(17(21)23)16(22)20-9-13(10-24-4)25-18(2,3)11-20/h5-8,13H,9-11H2,1-4H3. The molecule has 0 N–H and O–H groups in total. The average Bonchev–Trinajstić information content (AvgIpc) is 2.53. The predicted molar refractivity (Wildman–Crippen MR) is 92.9 cm³/mol. The third-order valence-electron chi connectivity index (χ3n) is 4.22. The molecule has 7 nitrogen and oxygen atoms in total. The molecular weight excluding hydrogens is 322 g/mol. The van der Waals surface area contributed by atoms with Crippen molar-refractivity contribution in [1.29, 1.82) is 0 Å². The molecule has 25 heavy (non-hydrogen) atoms. The quantitative estimate of drug-likeness (QED) is 0.838. The molecule has 0 bridgehead atoms. The van der Waals surface area contributed by atoms with Crippen LogP contribution in [-0.4, -0.2) is 58.7 Å². The summed E-state index contributed by atoms with van der Waals surface area (Å²) in [5, 5.41) is 0. The summed E-state index contributed by atoms with van der Waals surface area (Å²) in [5.74, 6) is -0.329. The van der Waals surface area contributed by atoms with Gasteiger partial charge in [-0.3, -0.25) is 14.0 Å². The number of methoxy groups -OCH3 is 1. The van der Waals surface area contributed by atoms with Gasteiger partial charge in [0.1, 0.15) is 11.2 Å². The molecule has 0 radical (unpaired) electrons. The lowest BCUT2D eigenvalue weighted by molar-refractivity contribution is -0.143. The lowest BCUT2D eigenvalue weighted by Gasteiger charge is -2.42. The van der Waals surface area contributed by atoms with E-state index in [0.29, 0.717) is 25.3 Å². The van der Waals surface area contributed by atoms with Crippen LogP contribution >= 0.6 is 0 Å². The molecular formula is C18H23N3O4. The van der Waals surface area contributed by atoms with Crippen molar-refractivity contribution in [3.63, 3.8) is 0 Å². The number of fused-ring (bicyclic) bond motifs is 1. The Morgan fingerprint density at radius 1 is 1.48 bits per heavy atom. The lowest BCUT2D eigenvalue weighted by atomic mass is 10.0. The Labute approximate surface area is 146 Å². The summed E-state index contributed by atoms with van der Waals surface area (Å²) in [7, 11) is 1.60. The minimum Gasteiger partial charge on any atom is -0.382 e. The van der Waals surface area contributed by atoms with Crippen molar-refractivity contribution in [3.05, 3.63) is 46.0 Å². The molecule has 2 aromatic heterocycles. The maximum absolute atomic E-state index is 12.9. The topological polar surface area (TPSA) is 73.1 Å². The van der Waals surface area contributed by atoms with Gasteiger partial charge in [-0.15, -0.1) is 0 Å². The van der Waals surface area contributed by atoms with E-state index in [1.807, 2.05) is 32.9 Å². The van der Waals surface area contributed by atoms with E-state index < -0.39 is 5.60 Å². The number of rotatable bonds is 3. The fourth-order valence-corrected chi connectivity index (χ4v) is 3.22. The van der Waals surface area contributed by atoms with Gasteiger partial charge in [-0.2, -0.15) is 0 Å². The van der Waals surface area contributed by atoms with Crippen molar-refractivity contribution >= 4 is 11.6 Å². The van der Waals surface area contributed by atoms with Crippen LogP contribution in [0.2, 0.25) is 0 Å². The van der Waals surface area contributed by atoms with Crippen LogP contribution in [0.4, 0.5) is 0 Å². The van der Waals surface area contributed by atoms with E-state index in [-0.39, 0.29) is 23.1 Å². The number of carbonyl (C=O) groups is 1. The fraction of sp³-hybridized carbons (Fsp3) is 0.500. The van der Waals surface area contributed by atoms with E-state index >= 15 is 0 Å². The van der Waals surface area contributed by atoms with Gasteiger partial charge in [0, 0.05) is 32.6 Å². The Morgan fingerprint density at radius 3 is 2.96 bits per heavy atom. The number of hydrogen-bond acceptors (Lipinski definition) is 5. The van der Waals surface area contributed by atoms with Crippen molar-refractivity contribution in [2.75, 3.05) is 26.8 Å². The Balaban J connectivity index is 1.94. The Kier molecular flexibility index (Phi) is 4.62. The summed E-state index contributed by atoms with van der Waals surface area (Å²) in [6, 6.07) is 3.62. The van der Waals surface area contributed by atoms with Gasteiger partial charge < -0.3 is 14.4 Å². The number of ether oxygens (including phenoxy) is 2. The van der Waals surface area contributed by atoms with Crippen molar-refractivity contribution < 1.29 is 14.3 Å². The molecule has 0 aliphatic carbocycles. The first kappa shape index (κ1) is 17.6. The molecule has 1 aliphatic rings. The summed E-state index contributed by atoms with van der Waals surface area (Å²) in [6.07, 6.45) is 2.79. The average molecular weight is 345 g/mol. The lowest BCUT2D eigenvalue weighted by Crippen LogP contribution is -2.56. The molecule has 1 fully saturated rings. The maximum Gasteiger partial charge on any atom is 0.270 e. The van der Waals surface area contributed by atoms with E-state index in [4.69, 9.17) is 9.47 Å². The molecule has 3 heterocycles. The first-order chi connectivity index (χ1) is 11.8. The van der Waals surface area contributed by atoms with E-state index in [1.165, 1.54) is 10.6 Å². The number of aromatic nitrogens is 2. The first-order valence-corrected chi connectivity index (χ1v) is 8.25. The molecule has 0 spiro atoms. The number of aryl methyl sites for hydroxylation is 1. The van der Waals surface area contributed by atoms with Crippen LogP contribution in [0.25, 0.3) is 5.65 Å². The molecule has 1 aliphatic heterocycles. The zero-order chi connectivity index (χ0) is 18.2. The van der Waals surface area contributed by atoms with Gasteiger partial charge in [0.2, 0.25) is 0 Å². The number of pyridine rings is 1. The molecule has 2 aromatic rings. The largest absolute Gasteiger partial charge is 0.382 e. The molecule has 3 rings (SSSR count). The Bertz CT molecular complexity index is 859. The minimum atomic E-state index is -0.505. The predicted octanol–water partition coefficient (Wildman–Crippen LogP) is 1.27. The van der Waals surface area contributed by atoms with Crippen molar-refractivity contribution in [2.45, 2.75) is 32.5 Å². The van der Waals surface area contributed by atoms with Gasteiger partial charge in [0.15, 0.2) is 0 Å². The van der Waals surface area contributed by atoms with Gasteiger partial charge >= 0.3 is 0 Å². The molecule has 0 saturated carbocycles. The number of nitrogens with zero attached hydrogens (tertiary/aromatic N) is 3. The monoisotopic (exact) mass is 345 g/mol. The minimum absolute atomic E-state index is 0.0650. The molecule has 1 saturated heterocycles. The van der Waals surface area contributed by atoms with Crippen LogP contribution in [0.1, 0.15) is 29.8 Å². The van der Waals surface area contributed by atoms with Crippen LogP contribution in [0.5, 0.6) is 0 Å². The Hall–Kier alpha value is -2.25. The van der Waals surface area contributed by atoms with Crippen molar-refractivity contribution in [3.8, 4) is 0 Å². The van der Waals surface area contributed by atoms with Crippen LogP contribution in [0, 0.1) is 6.92 Å². The second kappa shape index (κ2) is 6.57. The van der Waals surface area contributed by atoms with Crippen molar-refractivity contribution in [1.82, 2.24) is 14.3 Å². The third kappa shape index (κ3) is 3.57. The number of carbonyl (C=O) groups excluding carboxylic acids is 1. The smallest absolute Gasteiger partial charge is 0.270 e. The normalized spacial score (nSPS) is 20.0. The molecule has 1 unspecified atom stereocenters. The molecule has 0 aromatic carbocycles. The number of morpholine rings is 1.